The van der Waals surface area contributed by atoms with Crippen LogP contribution >= 0.6 is 11.6 Å². The van der Waals surface area contributed by atoms with Crippen LogP contribution in [0, 0.1) is 0 Å². The van der Waals surface area contributed by atoms with Crippen molar-refractivity contribution in [2.45, 2.75) is 25.8 Å². The van der Waals surface area contributed by atoms with Gasteiger partial charge in [0.2, 0.25) is 0 Å². The zero-order valence-corrected chi connectivity index (χ0v) is 8.46. The smallest absolute Gasteiger partial charge is 0.129 e. The molecule has 0 bridgehead atoms. The third-order valence-corrected chi connectivity index (χ3v) is 2.01. The molecule has 0 spiro atoms. The fourth-order valence-electron chi connectivity index (χ4n) is 1.08. The molecule has 0 saturated carbocycles. The van der Waals surface area contributed by atoms with Crippen LogP contribution in [-0.4, -0.2) is 21.9 Å². The number of rotatable bonds is 5. The lowest BCUT2D eigenvalue weighted by molar-refractivity contribution is 0.690. The number of halogens is 1. The van der Waals surface area contributed by atoms with Crippen LogP contribution in [0.2, 0.25) is 0 Å². The maximum atomic E-state index is 5.60. The Morgan fingerprint density at radius 1 is 1.62 bits per heavy atom. The summed E-state index contributed by atoms with van der Waals surface area (Å²) in [5.41, 5.74) is 0. The summed E-state index contributed by atoms with van der Waals surface area (Å²) in [5, 5.41) is 3.27. The predicted molar refractivity (Wildman–Crippen MR) is 55.1 cm³/mol. The first kappa shape index (κ1) is 10.3. The number of nitrogens with zero attached hydrogens (tertiary/aromatic N) is 2. The molecule has 1 aromatic rings. The van der Waals surface area contributed by atoms with Crippen LogP contribution in [0.15, 0.2) is 18.6 Å². The monoisotopic (exact) mass is 199 g/mol. The van der Waals surface area contributed by atoms with E-state index in [1.165, 1.54) is 6.33 Å². The van der Waals surface area contributed by atoms with Gasteiger partial charge in [0.15, 0.2) is 0 Å². The molecule has 0 radical (unpaired) electrons. The zero-order chi connectivity index (χ0) is 9.52. The van der Waals surface area contributed by atoms with Gasteiger partial charge in [-0.05, 0) is 25.8 Å². The molecule has 72 valence electrons. The van der Waals surface area contributed by atoms with Crippen molar-refractivity contribution >= 4 is 17.4 Å². The Morgan fingerprint density at radius 3 is 3.08 bits per heavy atom. The molecule has 3 nitrogen and oxygen atoms in total. The molecule has 0 aromatic carbocycles. The fraction of sp³-hybridized carbons (Fsp3) is 0.556. The Labute approximate surface area is 83.5 Å². The van der Waals surface area contributed by atoms with E-state index in [1.807, 2.05) is 6.07 Å². The molecule has 1 aromatic heterocycles. The summed E-state index contributed by atoms with van der Waals surface area (Å²) < 4.78 is 0. The molecule has 0 aliphatic rings. The van der Waals surface area contributed by atoms with Crippen molar-refractivity contribution in [1.82, 2.24) is 9.97 Å². The van der Waals surface area contributed by atoms with Crippen molar-refractivity contribution in [3.63, 3.8) is 0 Å². The zero-order valence-electron chi connectivity index (χ0n) is 7.70. The summed E-state index contributed by atoms with van der Waals surface area (Å²) in [6.07, 6.45) is 5.36. The van der Waals surface area contributed by atoms with Gasteiger partial charge in [0.1, 0.15) is 12.1 Å². The minimum absolute atomic E-state index is 0.411. The van der Waals surface area contributed by atoms with Crippen molar-refractivity contribution in [1.29, 1.82) is 0 Å². The molecule has 0 aliphatic carbocycles. The number of nitrogens with one attached hydrogen (secondary N) is 1. The number of aromatic nitrogens is 2. The van der Waals surface area contributed by atoms with Gasteiger partial charge in [0.05, 0.1) is 0 Å². The van der Waals surface area contributed by atoms with Gasteiger partial charge in [0, 0.05) is 18.1 Å². The lowest BCUT2D eigenvalue weighted by Gasteiger charge is -2.12. The maximum absolute atomic E-state index is 5.60. The molecule has 13 heavy (non-hydrogen) atoms. The Bertz CT molecular complexity index is 228. The lowest BCUT2D eigenvalue weighted by atomic mass is 10.2. The topological polar surface area (TPSA) is 37.8 Å². The summed E-state index contributed by atoms with van der Waals surface area (Å²) >= 11 is 5.60. The number of hydrogen-bond acceptors (Lipinski definition) is 3. The minimum atomic E-state index is 0.411. The Balaban J connectivity index is 2.32. The second kappa shape index (κ2) is 5.75. The molecule has 1 unspecified atom stereocenters. The predicted octanol–water partition coefficient (Wildman–Crippen LogP) is 2.30. The second-order valence-corrected chi connectivity index (χ2v) is 3.35. The highest BCUT2D eigenvalue weighted by Crippen LogP contribution is 2.05. The molecular formula is C9H14ClN3. The van der Waals surface area contributed by atoms with Crippen LogP contribution in [0.5, 0.6) is 0 Å². The molecule has 1 heterocycles. The highest BCUT2D eigenvalue weighted by molar-refractivity contribution is 6.17. The van der Waals surface area contributed by atoms with Crippen LogP contribution in [0.3, 0.4) is 0 Å². The summed E-state index contributed by atoms with van der Waals surface area (Å²) in [5.74, 6) is 1.59. The van der Waals surface area contributed by atoms with Crippen LogP contribution in [0.4, 0.5) is 5.82 Å². The van der Waals surface area contributed by atoms with Crippen LogP contribution in [0.25, 0.3) is 0 Å². The largest absolute Gasteiger partial charge is 0.368 e. The SMILES string of the molecule is CC(CCCCl)Nc1ccncn1. The standard InChI is InChI=1S/C9H14ClN3/c1-8(3-2-5-10)13-9-4-6-11-7-12-9/h4,6-8H,2-3,5H2,1H3,(H,11,12,13). The normalized spacial score (nSPS) is 12.5. The van der Waals surface area contributed by atoms with E-state index in [2.05, 4.69) is 22.2 Å². The molecular weight excluding hydrogens is 186 g/mol. The second-order valence-electron chi connectivity index (χ2n) is 2.97. The third-order valence-electron chi connectivity index (χ3n) is 1.75. The van der Waals surface area contributed by atoms with E-state index >= 15 is 0 Å². The molecule has 0 aliphatic heterocycles. The van der Waals surface area contributed by atoms with Gasteiger partial charge in [0.25, 0.3) is 0 Å². The van der Waals surface area contributed by atoms with Gasteiger partial charge in [-0.25, -0.2) is 9.97 Å². The maximum Gasteiger partial charge on any atom is 0.129 e. The van der Waals surface area contributed by atoms with Crippen LogP contribution < -0.4 is 5.32 Å². The Morgan fingerprint density at radius 2 is 2.46 bits per heavy atom. The van der Waals surface area contributed by atoms with E-state index in [4.69, 9.17) is 11.6 Å². The molecule has 4 heteroatoms. The van der Waals surface area contributed by atoms with E-state index in [0.717, 1.165) is 24.5 Å². The first-order valence-corrected chi connectivity index (χ1v) is 4.95. The number of anilines is 1. The van der Waals surface area contributed by atoms with Gasteiger partial charge in [-0.2, -0.15) is 0 Å². The molecule has 0 amide bonds. The molecule has 1 rings (SSSR count). The first-order chi connectivity index (χ1) is 6.33. The van der Waals surface area contributed by atoms with Gasteiger partial charge >= 0.3 is 0 Å². The summed E-state index contributed by atoms with van der Waals surface area (Å²) in [4.78, 5) is 7.91. The third kappa shape index (κ3) is 4.08. The highest BCUT2D eigenvalue weighted by Gasteiger charge is 2.00. The van der Waals surface area contributed by atoms with Gasteiger partial charge < -0.3 is 5.32 Å². The molecule has 0 fully saturated rings. The Kier molecular flexibility index (Phi) is 4.54. The molecule has 0 saturated heterocycles. The highest BCUT2D eigenvalue weighted by atomic mass is 35.5. The van der Waals surface area contributed by atoms with E-state index in [9.17, 15) is 0 Å². The quantitative estimate of drug-likeness (QED) is 0.740. The number of hydrogen-bond donors (Lipinski definition) is 1. The van der Waals surface area contributed by atoms with E-state index in [1.54, 1.807) is 6.20 Å². The lowest BCUT2D eigenvalue weighted by Crippen LogP contribution is -2.15. The summed E-state index contributed by atoms with van der Waals surface area (Å²) in [7, 11) is 0. The van der Waals surface area contributed by atoms with Gasteiger partial charge in [-0.15, -0.1) is 11.6 Å². The fourth-order valence-corrected chi connectivity index (χ4v) is 1.24. The van der Waals surface area contributed by atoms with Crippen molar-refractivity contribution in [2.24, 2.45) is 0 Å². The Hall–Kier alpha value is -0.830. The number of alkyl halides is 1. The van der Waals surface area contributed by atoms with Crippen molar-refractivity contribution in [3.05, 3.63) is 18.6 Å². The molecule has 1 atom stereocenters. The average molecular weight is 200 g/mol. The first-order valence-electron chi connectivity index (χ1n) is 4.41. The summed E-state index contributed by atoms with van der Waals surface area (Å²) in [6.45, 7) is 2.12. The minimum Gasteiger partial charge on any atom is -0.368 e. The van der Waals surface area contributed by atoms with Gasteiger partial charge in [-0.1, -0.05) is 0 Å². The van der Waals surface area contributed by atoms with Crippen molar-refractivity contribution < 1.29 is 0 Å². The van der Waals surface area contributed by atoms with Crippen molar-refractivity contribution in [2.75, 3.05) is 11.2 Å². The van der Waals surface area contributed by atoms with Crippen LogP contribution in [-0.2, 0) is 0 Å². The summed E-state index contributed by atoms with van der Waals surface area (Å²) in [6, 6.07) is 2.27. The van der Waals surface area contributed by atoms with E-state index in [0.29, 0.717) is 6.04 Å². The van der Waals surface area contributed by atoms with Gasteiger partial charge in [-0.3, -0.25) is 0 Å². The van der Waals surface area contributed by atoms with Crippen molar-refractivity contribution in [3.8, 4) is 0 Å². The van der Waals surface area contributed by atoms with E-state index in [-0.39, 0.29) is 0 Å². The van der Waals surface area contributed by atoms with E-state index < -0.39 is 0 Å². The molecule has 1 N–H and O–H groups in total. The van der Waals surface area contributed by atoms with Crippen LogP contribution in [0.1, 0.15) is 19.8 Å². The average Bonchev–Trinajstić information content (AvgIpc) is 2.16.